The van der Waals surface area contributed by atoms with Crippen molar-refractivity contribution in [1.29, 1.82) is 0 Å². The molecule has 0 spiro atoms. The fraction of sp³-hybridized carbons (Fsp3) is 0.462. The highest BCUT2D eigenvalue weighted by molar-refractivity contribution is 5.74. The molecule has 1 atom stereocenters. The molecule has 0 aliphatic heterocycles. The van der Waals surface area contributed by atoms with E-state index in [-0.39, 0.29) is 0 Å². The number of hydrogen-bond acceptors (Lipinski definition) is 4. The van der Waals surface area contributed by atoms with E-state index in [9.17, 15) is 4.79 Å². The van der Waals surface area contributed by atoms with E-state index < -0.39 is 17.8 Å². The van der Waals surface area contributed by atoms with Crippen LogP contribution in [-0.4, -0.2) is 17.8 Å². The van der Waals surface area contributed by atoms with Gasteiger partial charge >= 0.3 is 5.97 Å². The van der Waals surface area contributed by atoms with Crippen molar-refractivity contribution in [3.05, 3.63) is 35.9 Å². The van der Waals surface area contributed by atoms with Gasteiger partial charge in [0.15, 0.2) is 0 Å². The van der Waals surface area contributed by atoms with Crippen LogP contribution in [0.2, 0.25) is 0 Å². The summed E-state index contributed by atoms with van der Waals surface area (Å²) in [6.07, 6.45) is -1.05. The second-order valence-electron chi connectivity index (χ2n) is 4.75. The fourth-order valence-electron chi connectivity index (χ4n) is 1.19. The number of hydrogen-bond donors (Lipinski definition) is 1. The van der Waals surface area contributed by atoms with Crippen LogP contribution in [0.4, 0.5) is 0 Å². The molecular formula is C13H19NO3. The Morgan fingerprint density at radius 2 is 1.88 bits per heavy atom. The number of ether oxygens (including phenoxy) is 2. The fourth-order valence-corrected chi connectivity index (χ4v) is 1.19. The van der Waals surface area contributed by atoms with E-state index in [1.807, 2.05) is 30.3 Å². The lowest BCUT2D eigenvalue weighted by Gasteiger charge is -2.22. The van der Waals surface area contributed by atoms with Crippen molar-refractivity contribution in [2.75, 3.05) is 0 Å². The van der Waals surface area contributed by atoms with E-state index in [4.69, 9.17) is 15.2 Å². The van der Waals surface area contributed by atoms with Crippen LogP contribution in [0.25, 0.3) is 0 Å². The summed E-state index contributed by atoms with van der Waals surface area (Å²) in [6, 6.07) is 9.52. The predicted molar refractivity (Wildman–Crippen MR) is 65.1 cm³/mol. The highest BCUT2D eigenvalue weighted by Crippen LogP contribution is 2.09. The summed E-state index contributed by atoms with van der Waals surface area (Å²) >= 11 is 0. The highest BCUT2D eigenvalue weighted by Gasteiger charge is 2.22. The molecule has 1 aromatic rings. The molecule has 1 aromatic carbocycles. The number of rotatable bonds is 4. The highest BCUT2D eigenvalue weighted by atomic mass is 16.6. The van der Waals surface area contributed by atoms with Crippen molar-refractivity contribution in [1.82, 2.24) is 0 Å². The third-order valence-electron chi connectivity index (χ3n) is 1.91. The molecule has 0 heterocycles. The second kappa shape index (κ2) is 5.80. The van der Waals surface area contributed by atoms with Crippen LogP contribution in [-0.2, 0) is 20.9 Å². The molecule has 1 unspecified atom stereocenters. The average Bonchev–Trinajstić information content (AvgIpc) is 2.25. The topological polar surface area (TPSA) is 61.5 Å². The quantitative estimate of drug-likeness (QED) is 0.641. The first kappa shape index (κ1) is 13.7. The van der Waals surface area contributed by atoms with Gasteiger partial charge in [-0.15, -0.1) is 0 Å². The SMILES string of the molecule is CC(C)(C)OC(=O)C(N)OCc1ccccc1. The number of carbonyl (C=O) groups excluding carboxylic acids is 1. The predicted octanol–water partition coefficient (Wildman–Crippen LogP) is 1.83. The number of benzene rings is 1. The lowest BCUT2D eigenvalue weighted by atomic mass is 10.2. The lowest BCUT2D eigenvalue weighted by molar-refractivity contribution is -0.169. The maximum absolute atomic E-state index is 11.5. The average molecular weight is 237 g/mol. The van der Waals surface area contributed by atoms with Gasteiger partial charge in [-0.2, -0.15) is 0 Å². The Bertz CT molecular complexity index is 357. The maximum atomic E-state index is 11.5. The van der Waals surface area contributed by atoms with Crippen molar-refractivity contribution < 1.29 is 14.3 Å². The first-order chi connectivity index (χ1) is 7.88. The van der Waals surface area contributed by atoms with E-state index in [1.54, 1.807) is 20.8 Å². The van der Waals surface area contributed by atoms with Gasteiger partial charge < -0.3 is 9.47 Å². The number of esters is 1. The van der Waals surface area contributed by atoms with Crippen molar-refractivity contribution in [2.24, 2.45) is 5.73 Å². The summed E-state index contributed by atoms with van der Waals surface area (Å²) in [5, 5.41) is 0. The molecule has 0 aliphatic rings. The van der Waals surface area contributed by atoms with E-state index in [0.29, 0.717) is 6.61 Å². The van der Waals surface area contributed by atoms with Crippen LogP contribution < -0.4 is 5.73 Å². The molecule has 0 aliphatic carbocycles. The van der Waals surface area contributed by atoms with Crippen molar-refractivity contribution in [2.45, 2.75) is 39.2 Å². The minimum Gasteiger partial charge on any atom is -0.457 e. The molecule has 17 heavy (non-hydrogen) atoms. The zero-order chi connectivity index (χ0) is 12.9. The Morgan fingerprint density at radius 1 is 1.29 bits per heavy atom. The molecular weight excluding hydrogens is 218 g/mol. The van der Waals surface area contributed by atoms with Gasteiger partial charge in [0.05, 0.1) is 6.61 Å². The van der Waals surface area contributed by atoms with Gasteiger partial charge in [-0.1, -0.05) is 30.3 Å². The summed E-state index contributed by atoms with van der Waals surface area (Å²) in [6.45, 7) is 5.65. The first-order valence-corrected chi connectivity index (χ1v) is 5.52. The second-order valence-corrected chi connectivity index (χ2v) is 4.75. The standard InChI is InChI=1S/C13H19NO3/c1-13(2,3)17-12(15)11(14)16-9-10-7-5-4-6-8-10/h4-8,11H,9,14H2,1-3H3. The third-order valence-corrected chi connectivity index (χ3v) is 1.91. The Hall–Kier alpha value is -1.39. The Kier molecular flexibility index (Phi) is 4.66. The zero-order valence-corrected chi connectivity index (χ0v) is 10.5. The summed E-state index contributed by atoms with van der Waals surface area (Å²) < 4.78 is 10.3. The van der Waals surface area contributed by atoms with Gasteiger partial charge in [0.25, 0.3) is 0 Å². The largest absolute Gasteiger partial charge is 0.457 e. The number of carbonyl (C=O) groups is 1. The Balaban J connectivity index is 2.40. The normalized spacial score (nSPS) is 13.2. The van der Waals surface area contributed by atoms with E-state index in [0.717, 1.165) is 5.56 Å². The van der Waals surface area contributed by atoms with Crippen molar-refractivity contribution in [3.63, 3.8) is 0 Å². The molecule has 94 valence electrons. The summed E-state index contributed by atoms with van der Waals surface area (Å²) in [7, 11) is 0. The van der Waals surface area contributed by atoms with Gasteiger partial charge in [-0.3, -0.25) is 5.73 Å². The van der Waals surface area contributed by atoms with Gasteiger partial charge in [-0.05, 0) is 26.3 Å². The lowest BCUT2D eigenvalue weighted by Crippen LogP contribution is -2.39. The molecule has 1 rings (SSSR count). The molecule has 0 saturated carbocycles. The molecule has 0 bridgehead atoms. The smallest absolute Gasteiger partial charge is 0.350 e. The van der Waals surface area contributed by atoms with E-state index >= 15 is 0 Å². The van der Waals surface area contributed by atoms with Crippen LogP contribution in [0.1, 0.15) is 26.3 Å². The van der Waals surface area contributed by atoms with Gasteiger partial charge in [0, 0.05) is 0 Å². The molecule has 0 saturated heterocycles. The van der Waals surface area contributed by atoms with Gasteiger partial charge in [0.1, 0.15) is 5.60 Å². The molecule has 2 N–H and O–H groups in total. The van der Waals surface area contributed by atoms with E-state index in [2.05, 4.69) is 0 Å². The monoisotopic (exact) mass is 237 g/mol. The zero-order valence-electron chi connectivity index (χ0n) is 10.5. The first-order valence-electron chi connectivity index (χ1n) is 5.52. The molecule has 0 radical (unpaired) electrons. The van der Waals surface area contributed by atoms with Crippen molar-refractivity contribution >= 4 is 5.97 Å². The minimum atomic E-state index is -1.05. The molecule has 4 nitrogen and oxygen atoms in total. The van der Waals surface area contributed by atoms with E-state index in [1.165, 1.54) is 0 Å². The van der Waals surface area contributed by atoms with Crippen LogP contribution in [0.3, 0.4) is 0 Å². The van der Waals surface area contributed by atoms with Crippen molar-refractivity contribution in [3.8, 4) is 0 Å². The van der Waals surface area contributed by atoms with Crippen LogP contribution >= 0.6 is 0 Å². The summed E-state index contributed by atoms with van der Waals surface area (Å²) in [5.74, 6) is -0.548. The van der Waals surface area contributed by atoms with Gasteiger partial charge in [-0.25, -0.2) is 4.79 Å². The minimum absolute atomic E-state index is 0.293. The summed E-state index contributed by atoms with van der Waals surface area (Å²) in [5.41, 5.74) is 5.99. The Morgan fingerprint density at radius 3 is 2.41 bits per heavy atom. The summed E-state index contributed by atoms with van der Waals surface area (Å²) in [4.78, 5) is 11.5. The molecule has 4 heteroatoms. The van der Waals surface area contributed by atoms with Gasteiger partial charge in [0.2, 0.25) is 6.23 Å². The Labute approximate surface area is 102 Å². The van der Waals surface area contributed by atoms with Crippen LogP contribution in [0.5, 0.6) is 0 Å². The molecule has 0 amide bonds. The number of nitrogens with two attached hydrogens (primary N) is 1. The van der Waals surface area contributed by atoms with Crippen LogP contribution in [0.15, 0.2) is 30.3 Å². The molecule has 0 fully saturated rings. The maximum Gasteiger partial charge on any atom is 0.350 e. The third kappa shape index (κ3) is 5.47. The molecule has 0 aromatic heterocycles. The van der Waals surface area contributed by atoms with Crippen LogP contribution in [0, 0.1) is 0 Å².